The fourth-order valence-corrected chi connectivity index (χ4v) is 1.55. The van der Waals surface area contributed by atoms with E-state index in [0.717, 1.165) is 25.6 Å². The van der Waals surface area contributed by atoms with Crippen molar-refractivity contribution in [2.45, 2.75) is 18.9 Å². The van der Waals surface area contributed by atoms with Crippen molar-refractivity contribution < 1.29 is 9.18 Å². The number of anilines is 1. The van der Waals surface area contributed by atoms with Crippen LogP contribution in [0.25, 0.3) is 0 Å². The summed E-state index contributed by atoms with van der Waals surface area (Å²) in [5, 5.41) is 5.73. The number of nitrogens with one attached hydrogen (secondary N) is 2. The zero-order chi connectivity index (χ0) is 10.7. The summed E-state index contributed by atoms with van der Waals surface area (Å²) in [6, 6.07) is 2.59. The van der Waals surface area contributed by atoms with Crippen LogP contribution in [0.15, 0.2) is 18.3 Å². The van der Waals surface area contributed by atoms with E-state index in [-0.39, 0.29) is 17.8 Å². The number of halogens is 1. The first-order valence-corrected chi connectivity index (χ1v) is 4.91. The van der Waals surface area contributed by atoms with E-state index in [9.17, 15) is 9.18 Å². The molecule has 1 saturated heterocycles. The van der Waals surface area contributed by atoms with Gasteiger partial charge in [0.05, 0.1) is 6.20 Å². The summed E-state index contributed by atoms with van der Waals surface area (Å²) < 4.78 is 12.6. The molecule has 4 nitrogen and oxygen atoms in total. The van der Waals surface area contributed by atoms with Gasteiger partial charge in [-0.15, -0.1) is 0 Å². The van der Waals surface area contributed by atoms with E-state index in [1.807, 2.05) is 0 Å². The Hall–Kier alpha value is -1.65. The van der Waals surface area contributed by atoms with Gasteiger partial charge in [-0.1, -0.05) is 0 Å². The normalized spacial score (nSPS) is 20.9. The zero-order valence-electron chi connectivity index (χ0n) is 8.16. The summed E-state index contributed by atoms with van der Waals surface area (Å²) in [7, 11) is 0. The molecule has 80 valence electrons. The molecule has 0 radical (unpaired) electrons. The van der Waals surface area contributed by atoms with Gasteiger partial charge in [0.15, 0.2) is 0 Å². The van der Waals surface area contributed by atoms with Crippen LogP contribution >= 0.6 is 0 Å². The van der Waals surface area contributed by atoms with Crippen LogP contribution in [-0.2, 0) is 4.79 Å². The van der Waals surface area contributed by atoms with Gasteiger partial charge in [0.25, 0.3) is 0 Å². The summed E-state index contributed by atoms with van der Waals surface area (Å²) >= 11 is 0. The lowest BCUT2D eigenvalue weighted by atomic mass is 10.1. The lowest BCUT2D eigenvalue weighted by molar-refractivity contribution is -0.123. The molecule has 0 spiro atoms. The van der Waals surface area contributed by atoms with Gasteiger partial charge >= 0.3 is 0 Å². The van der Waals surface area contributed by atoms with Gasteiger partial charge in [-0.05, 0) is 25.0 Å². The maximum absolute atomic E-state index is 12.6. The number of aromatic nitrogens is 1. The molecule has 1 aliphatic heterocycles. The van der Waals surface area contributed by atoms with Crippen LogP contribution in [0.5, 0.6) is 0 Å². The first-order valence-electron chi connectivity index (χ1n) is 4.91. The van der Waals surface area contributed by atoms with Crippen LogP contribution in [-0.4, -0.2) is 23.5 Å². The molecule has 0 aliphatic carbocycles. The van der Waals surface area contributed by atoms with E-state index >= 15 is 0 Å². The summed E-state index contributed by atoms with van der Waals surface area (Å²) in [6.45, 7) is 0.730. The van der Waals surface area contributed by atoms with Crippen molar-refractivity contribution in [2.75, 3.05) is 11.9 Å². The van der Waals surface area contributed by atoms with Crippen LogP contribution < -0.4 is 10.6 Å². The van der Waals surface area contributed by atoms with Gasteiger partial charge in [0.1, 0.15) is 17.7 Å². The number of nitrogens with zero attached hydrogens (tertiary/aromatic N) is 1. The topological polar surface area (TPSA) is 54.0 Å². The van der Waals surface area contributed by atoms with Crippen molar-refractivity contribution in [3.05, 3.63) is 24.1 Å². The van der Waals surface area contributed by atoms with Crippen LogP contribution in [0.4, 0.5) is 10.2 Å². The molecule has 2 rings (SSSR count). The van der Waals surface area contributed by atoms with Crippen LogP contribution in [0.3, 0.4) is 0 Å². The average Bonchev–Trinajstić information content (AvgIpc) is 2.25. The number of carbonyl (C=O) groups excluding carboxylic acids is 1. The van der Waals surface area contributed by atoms with Crippen molar-refractivity contribution in [3.8, 4) is 0 Å². The Morgan fingerprint density at radius 3 is 3.07 bits per heavy atom. The second-order valence-electron chi connectivity index (χ2n) is 3.49. The third-order valence-corrected chi connectivity index (χ3v) is 2.33. The Morgan fingerprint density at radius 2 is 2.40 bits per heavy atom. The quantitative estimate of drug-likeness (QED) is 0.761. The second kappa shape index (κ2) is 4.25. The Kier molecular flexibility index (Phi) is 2.80. The van der Waals surface area contributed by atoms with E-state index < -0.39 is 0 Å². The molecule has 0 bridgehead atoms. The van der Waals surface area contributed by atoms with Crippen molar-refractivity contribution in [1.82, 2.24) is 10.3 Å². The van der Waals surface area contributed by atoms with Crippen LogP contribution in [0.2, 0.25) is 0 Å². The SMILES string of the molecule is O=C1NCCCC1Nc1ccc(F)cn1. The summed E-state index contributed by atoms with van der Waals surface area (Å²) in [6.07, 6.45) is 2.86. The Labute approximate surface area is 86.9 Å². The third kappa shape index (κ3) is 2.43. The molecule has 1 aromatic heterocycles. The monoisotopic (exact) mass is 209 g/mol. The fourth-order valence-electron chi connectivity index (χ4n) is 1.55. The van der Waals surface area contributed by atoms with Crippen molar-refractivity contribution in [2.24, 2.45) is 0 Å². The van der Waals surface area contributed by atoms with Gasteiger partial charge < -0.3 is 10.6 Å². The van der Waals surface area contributed by atoms with Gasteiger partial charge in [0.2, 0.25) is 5.91 Å². The van der Waals surface area contributed by atoms with Gasteiger partial charge in [-0.2, -0.15) is 0 Å². The fraction of sp³-hybridized carbons (Fsp3) is 0.400. The molecule has 1 fully saturated rings. The Balaban J connectivity index is 2.01. The van der Waals surface area contributed by atoms with Crippen molar-refractivity contribution in [1.29, 1.82) is 0 Å². The molecule has 2 heterocycles. The highest BCUT2D eigenvalue weighted by molar-refractivity contribution is 5.84. The molecule has 2 N–H and O–H groups in total. The van der Waals surface area contributed by atoms with E-state index in [1.54, 1.807) is 0 Å². The van der Waals surface area contributed by atoms with E-state index in [0.29, 0.717) is 5.82 Å². The number of hydrogen-bond acceptors (Lipinski definition) is 3. The predicted octanol–water partition coefficient (Wildman–Crippen LogP) is 0.911. The molecule has 1 atom stereocenters. The minimum atomic E-state index is -0.381. The molecule has 15 heavy (non-hydrogen) atoms. The molecule has 1 aliphatic rings. The highest BCUT2D eigenvalue weighted by Crippen LogP contribution is 2.10. The zero-order valence-corrected chi connectivity index (χ0v) is 8.16. The second-order valence-corrected chi connectivity index (χ2v) is 3.49. The highest BCUT2D eigenvalue weighted by atomic mass is 19.1. The molecule has 1 unspecified atom stereocenters. The largest absolute Gasteiger partial charge is 0.358 e. The lowest BCUT2D eigenvalue weighted by Gasteiger charge is -2.23. The summed E-state index contributed by atoms with van der Waals surface area (Å²) in [5.41, 5.74) is 0. The minimum Gasteiger partial charge on any atom is -0.358 e. The Morgan fingerprint density at radius 1 is 1.53 bits per heavy atom. The maximum Gasteiger partial charge on any atom is 0.242 e. The number of amides is 1. The number of rotatable bonds is 2. The first-order chi connectivity index (χ1) is 7.25. The number of piperidine rings is 1. The lowest BCUT2D eigenvalue weighted by Crippen LogP contribution is -2.44. The predicted molar refractivity (Wildman–Crippen MR) is 53.8 cm³/mol. The van der Waals surface area contributed by atoms with Crippen LogP contribution in [0.1, 0.15) is 12.8 Å². The van der Waals surface area contributed by atoms with Crippen molar-refractivity contribution >= 4 is 11.7 Å². The number of pyridine rings is 1. The highest BCUT2D eigenvalue weighted by Gasteiger charge is 2.21. The molecule has 0 saturated carbocycles. The van der Waals surface area contributed by atoms with Crippen LogP contribution in [0, 0.1) is 5.82 Å². The van der Waals surface area contributed by atoms with E-state index in [4.69, 9.17) is 0 Å². The summed E-state index contributed by atoms with van der Waals surface area (Å²) in [4.78, 5) is 15.2. The van der Waals surface area contributed by atoms with E-state index in [2.05, 4.69) is 15.6 Å². The summed E-state index contributed by atoms with van der Waals surface area (Å²) in [5.74, 6) is 0.125. The Bertz CT molecular complexity index is 352. The standard InChI is InChI=1S/C10H12FN3O/c11-7-3-4-9(13-6-7)14-8-2-1-5-12-10(8)15/h3-4,6,8H,1-2,5H2,(H,12,15)(H,13,14). The van der Waals surface area contributed by atoms with Gasteiger partial charge in [0, 0.05) is 6.54 Å². The average molecular weight is 209 g/mol. The maximum atomic E-state index is 12.6. The third-order valence-electron chi connectivity index (χ3n) is 2.33. The van der Waals surface area contributed by atoms with Gasteiger partial charge in [-0.3, -0.25) is 4.79 Å². The van der Waals surface area contributed by atoms with E-state index in [1.165, 1.54) is 12.1 Å². The number of carbonyl (C=O) groups is 1. The molecular weight excluding hydrogens is 197 g/mol. The smallest absolute Gasteiger partial charge is 0.242 e. The first kappa shape index (κ1) is 9.89. The van der Waals surface area contributed by atoms with Gasteiger partial charge in [-0.25, -0.2) is 9.37 Å². The molecule has 5 heteroatoms. The molecule has 1 amide bonds. The minimum absolute atomic E-state index is 0.0209. The molecular formula is C10H12FN3O. The van der Waals surface area contributed by atoms with Crippen molar-refractivity contribution in [3.63, 3.8) is 0 Å². The molecule has 1 aromatic rings. The molecule has 0 aromatic carbocycles. The number of hydrogen-bond donors (Lipinski definition) is 2.